The van der Waals surface area contributed by atoms with E-state index in [4.69, 9.17) is 4.52 Å². The first kappa shape index (κ1) is 13.1. The van der Waals surface area contributed by atoms with E-state index < -0.39 is 5.54 Å². The second-order valence-corrected chi connectivity index (χ2v) is 5.46. The molecular weight excluding hydrogens is 260 g/mol. The smallest absolute Gasteiger partial charge is 0.325 e. The van der Waals surface area contributed by atoms with Crippen LogP contribution in [0.25, 0.3) is 0 Å². The Hall–Kier alpha value is -1.89. The van der Waals surface area contributed by atoms with Gasteiger partial charge in [-0.25, -0.2) is 4.79 Å². The molecule has 2 N–H and O–H groups in total. The van der Waals surface area contributed by atoms with Crippen LogP contribution in [0.15, 0.2) is 4.52 Å². The van der Waals surface area contributed by atoms with E-state index in [0.29, 0.717) is 18.6 Å². The van der Waals surface area contributed by atoms with Crippen LogP contribution in [0.4, 0.5) is 4.79 Å². The number of nitrogens with zero attached hydrogens (tertiary/aromatic N) is 2. The molecule has 7 nitrogen and oxygen atoms in total. The zero-order chi connectivity index (χ0) is 14.3. The molecule has 2 aliphatic rings. The zero-order valence-corrected chi connectivity index (χ0v) is 11.7. The van der Waals surface area contributed by atoms with Crippen molar-refractivity contribution in [3.05, 3.63) is 17.0 Å². The van der Waals surface area contributed by atoms with Crippen LogP contribution in [-0.2, 0) is 11.3 Å². The fraction of sp³-hybridized carbons (Fsp3) is 0.615. The van der Waals surface area contributed by atoms with Crippen molar-refractivity contribution < 1.29 is 14.1 Å². The lowest BCUT2D eigenvalue weighted by Crippen LogP contribution is -2.53. The molecule has 0 aromatic carbocycles. The number of amides is 3. The molecule has 3 rings (SSSR count). The molecule has 2 saturated heterocycles. The number of hydrogen-bond donors (Lipinski definition) is 2. The standard InChI is InChI=1S/C13H18N4O3/c1-8-10(9(2)20-16-8)7-17-11(18)13(15-12(17)19)3-5-14-6-4-13/h14H,3-7H2,1-2H3,(H,15,19). The van der Waals surface area contributed by atoms with Crippen LogP contribution < -0.4 is 10.6 Å². The number of piperidine rings is 1. The molecular formula is C13H18N4O3. The number of nitrogens with one attached hydrogen (secondary N) is 2. The summed E-state index contributed by atoms with van der Waals surface area (Å²) in [6.45, 7) is 5.30. The van der Waals surface area contributed by atoms with E-state index in [-0.39, 0.29) is 18.5 Å². The second-order valence-electron chi connectivity index (χ2n) is 5.46. The molecule has 1 spiro atoms. The minimum Gasteiger partial charge on any atom is -0.361 e. The lowest BCUT2D eigenvalue weighted by Gasteiger charge is -2.31. The Morgan fingerprint density at radius 3 is 2.60 bits per heavy atom. The molecule has 2 aliphatic heterocycles. The van der Waals surface area contributed by atoms with Crippen LogP contribution in [0.1, 0.15) is 29.9 Å². The third kappa shape index (κ3) is 1.89. The lowest BCUT2D eigenvalue weighted by molar-refractivity contribution is -0.132. The minimum absolute atomic E-state index is 0.135. The molecule has 3 amide bonds. The van der Waals surface area contributed by atoms with Crippen molar-refractivity contribution in [3.8, 4) is 0 Å². The molecule has 0 bridgehead atoms. The molecule has 0 aliphatic carbocycles. The average molecular weight is 278 g/mol. The SMILES string of the molecule is Cc1noc(C)c1CN1C(=O)NC2(CCNCC2)C1=O. The van der Waals surface area contributed by atoms with Crippen LogP contribution in [0.5, 0.6) is 0 Å². The van der Waals surface area contributed by atoms with Crippen LogP contribution >= 0.6 is 0 Å². The molecule has 108 valence electrons. The quantitative estimate of drug-likeness (QED) is 0.768. The van der Waals surface area contributed by atoms with Gasteiger partial charge in [-0.05, 0) is 39.8 Å². The number of aryl methyl sites for hydroxylation is 2. The summed E-state index contributed by atoms with van der Waals surface area (Å²) in [4.78, 5) is 26.0. The number of rotatable bonds is 2. The highest BCUT2D eigenvalue weighted by Gasteiger charge is 2.51. The Kier molecular flexibility index (Phi) is 3.01. The molecule has 20 heavy (non-hydrogen) atoms. The van der Waals surface area contributed by atoms with Crippen LogP contribution in [-0.4, -0.2) is 40.6 Å². The van der Waals surface area contributed by atoms with Crippen LogP contribution in [0.3, 0.4) is 0 Å². The van der Waals surface area contributed by atoms with E-state index in [1.54, 1.807) is 6.92 Å². The van der Waals surface area contributed by atoms with E-state index in [1.807, 2.05) is 6.92 Å². The van der Waals surface area contributed by atoms with Gasteiger partial charge in [0.2, 0.25) is 0 Å². The number of carbonyl (C=O) groups excluding carboxylic acids is 2. The Bertz CT molecular complexity index is 540. The molecule has 0 saturated carbocycles. The molecule has 1 aromatic rings. The number of imide groups is 1. The Morgan fingerprint density at radius 2 is 2.00 bits per heavy atom. The van der Waals surface area contributed by atoms with Gasteiger partial charge < -0.3 is 15.2 Å². The van der Waals surface area contributed by atoms with Crippen LogP contribution in [0.2, 0.25) is 0 Å². The van der Waals surface area contributed by atoms with Crippen molar-refractivity contribution in [2.45, 2.75) is 38.8 Å². The summed E-state index contributed by atoms with van der Waals surface area (Å²) in [6.07, 6.45) is 1.27. The molecule has 1 aromatic heterocycles. The van der Waals surface area contributed by atoms with Gasteiger partial charge in [0.15, 0.2) is 0 Å². The average Bonchev–Trinajstić information content (AvgIpc) is 2.85. The predicted molar refractivity (Wildman–Crippen MR) is 69.9 cm³/mol. The van der Waals surface area contributed by atoms with E-state index in [9.17, 15) is 9.59 Å². The summed E-state index contributed by atoms with van der Waals surface area (Å²) in [7, 11) is 0. The van der Waals surface area contributed by atoms with Gasteiger partial charge in [-0.15, -0.1) is 0 Å². The van der Waals surface area contributed by atoms with Gasteiger partial charge in [0.1, 0.15) is 11.3 Å². The minimum atomic E-state index is -0.721. The second kappa shape index (κ2) is 4.59. The first-order chi connectivity index (χ1) is 9.53. The molecule has 0 atom stereocenters. The highest BCUT2D eigenvalue weighted by molar-refractivity contribution is 6.07. The first-order valence-corrected chi connectivity index (χ1v) is 6.80. The van der Waals surface area contributed by atoms with Gasteiger partial charge in [0.05, 0.1) is 12.2 Å². The molecule has 2 fully saturated rings. The van der Waals surface area contributed by atoms with Gasteiger partial charge in [0.25, 0.3) is 5.91 Å². The maximum atomic E-state index is 12.6. The Labute approximate surface area is 116 Å². The van der Waals surface area contributed by atoms with E-state index in [1.165, 1.54) is 4.90 Å². The van der Waals surface area contributed by atoms with Gasteiger partial charge in [-0.3, -0.25) is 9.69 Å². The van der Waals surface area contributed by atoms with Gasteiger partial charge in [-0.2, -0.15) is 0 Å². The predicted octanol–water partition coefficient (Wildman–Crippen LogP) is 0.465. The maximum absolute atomic E-state index is 12.6. The van der Waals surface area contributed by atoms with Gasteiger partial charge in [0, 0.05) is 5.56 Å². The number of carbonyl (C=O) groups is 2. The molecule has 0 unspecified atom stereocenters. The van der Waals surface area contributed by atoms with Crippen molar-refractivity contribution in [1.29, 1.82) is 0 Å². The topological polar surface area (TPSA) is 87.5 Å². The third-order valence-electron chi connectivity index (χ3n) is 4.20. The van der Waals surface area contributed by atoms with Gasteiger partial charge >= 0.3 is 6.03 Å². The van der Waals surface area contributed by atoms with Crippen LogP contribution in [0, 0.1) is 13.8 Å². The number of urea groups is 1. The fourth-order valence-corrected chi connectivity index (χ4v) is 2.90. The van der Waals surface area contributed by atoms with Crippen molar-refractivity contribution in [2.75, 3.05) is 13.1 Å². The van der Waals surface area contributed by atoms with Crippen molar-refractivity contribution in [2.24, 2.45) is 0 Å². The van der Waals surface area contributed by atoms with Gasteiger partial charge in [-0.1, -0.05) is 5.16 Å². The summed E-state index contributed by atoms with van der Waals surface area (Å²) in [5.74, 6) is 0.512. The van der Waals surface area contributed by atoms with Crippen molar-refractivity contribution in [1.82, 2.24) is 20.7 Å². The summed E-state index contributed by atoms with van der Waals surface area (Å²) in [6, 6.07) is -0.322. The monoisotopic (exact) mass is 278 g/mol. The third-order valence-corrected chi connectivity index (χ3v) is 4.20. The van der Waals surface area contributed by atoms with E-state index in [2.05, 4.69) is 15.8 Å². The summed E-state index contributed by atoms with van der Waals surface area (Å²) >= 11 is 0. The molecule has 7 heteroatoms. The Morgan fingerprint density at radius 1 is 1.30 bits per heavy atom. The normalized spacial score (nSPS) is 21.6. The summed E-state index contributed by atoms with van der Waals surface area (Å²) in [5, 5.41) is 9.93. The molecule has 3 heterocycles. The summed E-state index contributed by atoms with van der Waals surface area (Å²) < 4.78 is 5.08. The first-order valence-electron chi connectivity index (χ1n) is 6.80. The van der Waals surface area contributed by atoms with E-state index >= 15 is 0 Å². The largest absolute Gasteiger partial charge is 0.361 e. The fourth-order valence-electron chi connectivity index (χ4n) is 2.90. The maximum Gasteiger partial charge on any atom is 0.325 e. The van der Waals surface area contributed by atoms with Crippen molar-refractivity contribution >= 4 is 11.9 Å². The zero-order valence-electron chi connectivity index (χ0n) is 11.7. The number of aromatic nitrogens is 1. The van der Waals surface area contributed by atoms with Crippen molar-refractivity contribution in [3.63, 3.8) is 0 Å². The number of hydrogen-bond acceptors (Lipinski definition) is 5. The highest BCUT2D eigenvalue weighted by atomic mass is 16.5. The Balaban J connectivity index is 1.84. The highest BCUT2D eigenvalue weighted by Crippen LogP contribution is 2.28. The summed E-state index contributed by atoms with van der Waals surface area (Å²) in [5.41, 5.74) is 0.801. The van der Waals surface area contributed by atoms with E-state index in [0.717, 1.165) is 24.3 Å². The lowest BCUT2D eigenvalue weighted by atomic mass is 9.88. The molecule has 0 radical (unpaired) electrons.